The summed E-state index contributed by atoms with van der Waals surface area (Å²) in [5, 5.41) is 6.59. The maximum Gasteiger partial charge on any atom is 0.242 e. The molecule has 2 saturated heterocycles. The van der Waals surface area contributed by atoms with Gasteiger partial charge < -0.3 is 10.6 Å². The summed E-state index contributed by atoms with van der Waals surface area (Å²) in [5.41, 5.74) is 1.22. The Morgan fingerprint density at radius 3 is 2.83 bits per heavy atom. The lowest BCUT2D eigenvalue weighted by atomic mass is 10.0. The Morgan fingerprint density at radius 1 is 1.30 bits per heavy atom. The SMILES string of the molecule is O=C1CCC[C@H](C(=O)N[C@@H]2CCN(Cc3ccc(Cl)cc3)C2)N1. The van der Waals surface area contributed by atoms with Crippen LogP contribution < -0.4 is 10.6 Å². The Balaban J connectivity index is 1.46. The Morgan fingerprint density at radius 2 is 2.09 bits per heavy atom. The monoisotopic (exact) mass is 335 g/mol. The largest absolute Gasteiger partial charge is 0.350 e. The number of likely N-dealkylation sites (tertiary alicyclic amines) is 1. The van der Waals surface area contributed by atoms with E-state index in [1.807, 2.05) is 24.3 Å². The van der Waals surface area contributed by atoms with E-state index < -0.39 is 0 Å². The molecule has 2 aliphatic heterocycles. The van der Waals surface area contributed by atoms with Crippen LogP contribution in [0.1, 0.15) is 31.2 Å². The van der Waals surface area contributed by atoms with Gasteiger partial charge in [-0.05, 0) is 37.0 Å². The van der Waals surface area contributed by atoms with Gasteiger partial charge in [0, 0.05) is 37.1 Å². The van der Waals surface area contributed by atoms with Crippen LogP contribution in [0.4, 0.5) is 0 Å². The highest BCUT2D eigenvalue weighted by atomic mass is 35.5. The molecule has 0 radical (unpaired) electrons. The van der Waals surface area contributed by atoms with Crippen molar-refractivity contribution >= 4 is 23.4 Å². The van der Waals surface area contributed by atoms with Crippen molar-refractivity contribution in [2.24, 2.45) is 0 Å². The maximum atomic E-state index is 12.2. The van der Waals surface area contributed by atoms with E-state index in [9.17, 15) is 9.59 Å². The zero-order chi connectivity index (χ0) is 16.2. The molecule has 0 bridgehead atoms. The lowest BCUT2D eigenvalue weighted by molar-refractivity contribution is -0.131. The topological polar surface area (TPSA) is 61.4 Å². The van der Waals surface area contributed by atoms with E-state index in [1.54, 1.807) is 0 Å². The van der Waals surface area contributed by atoms with E-state index >= 15 is 0 Å². The standard InChI is InChI=1S/C17H22ClN3O2/c18-13-6-4-12(5-7-13)10-21-9-8-14(11-21)19-17(23)15-2-1-3-16(22)20-15/h4-7,14-15H,1-3,8-11H2,(H,19,23)(H,20,22)/t14-,15-/m1/s1. The van der Waals surface area contributed by atoms with Crippen molar-refractivity contribution in [2.75, 3.05) is 13.1 Å². The van der Waals surface area contributed by atoms with Crippen LogP contribution in [0.5, 0.6) is 0 Å². The average Bonchev–Trinajstić information content (AvgIpc) is 2.96. The van der Waals surface area contributed by atoms with E-state index in [1.165, 1.54) is 5.56 Å². The fraction of sp³-hybridized carbons (Fsp3) is 0.529. The number of hydrogen-bond donors (Lipinski definition) is 2. The molecule has 2 N–H and O–H groups in total. The molecule has 0 unspecified atom stereocenters. The van der Waals surface area contributed by atoms with Crippen LogP contribution in [0.25, 0.3) is 0 Å². The molecule has 0 aliphatic carbocycles. The molecule has 1 aromatic carbocycles. The van der Waals surface area contributed by atoms with Gasteiger partial charge in [0.25, 0.3) is 0 Å². The maximum absolute atomic E-state index is 12.2. The Kier molecular flexibility index (Phi) is 5.18. The molecule has 2 amide bonds. The van der Waals surface area contributed by atoms with E-state index in [-0.39, 0.29) is 23.9 Å². The highest BCUT2D eigenvalue weighted by Crippen LogP contribution is 2.16. The molecule has 2 atom stereocenters. The van der Waals surface area contributed by atoms with Gasteiger partial charge in [0.05, 0.1) is 0 Å². The van der Waals surface area contributed by atoms with Gasteiger partial charge >= 0.3 is 0 Å². The van der Waals surface area contributed by atoms with E-state index in [2.05, 4.69) is 15.5 Å². The molecule has 6 heteroatoms. The fourth-order valence-corrected chi connectivity index (χ4v) is 3.37. The number of nitrogens with zero attached hydrogens (tertiary/aromatic N) is 1. The zero-order valence-electron chi connectivity index (χ0n) is 13.1. The van der Waals surface area contributed by atoms with Crippen LogP contribution in [0.2, 0.25) is 5.02 Å². The Hall–Kier alpha value is -1.59. The molecule has 1 aromatic rings. The van der Waals surface area contributed by atoms with Crippen molar-refractivity contribution in [3.05, 3.63) is 34.9 Å². The quantitative estimate of drug-likeness (QED) is 0.880. The number of nitrogens with one attached hydrogen (secondary N) is 2. The summed E-state index contributed by atoms with van der Waals surface area (Å²) in [7, 11) is 0. The fourth-order valence-electron chi connectivity index (χ4n) is 3.25. The normalized spacial score (nSPS) is 25.2. The zero-order valence-corrected chi connectivity index (χ0v) is 13.8. The van der Waals surface area contributed by atoms with Crippen molar-refractivity contribution in [1.82, 2.24) is 15.5 Å². The third-order valence-electron chi connectivity index (χ3n) is 4.49. The van der Waals surface area contributed by atoms with E-state index in [0.29, 0.717) is 6.42 Å². The summed E-state index contributed by atoms with van der Waals surface area (Å²) >= 11 is 5.90. The number of piperidine rings is 1. The number of rotatable bonds is 4. The van der Waals surface area contributed by atoms with Crippen molar-refractivity contribution in [1.29, 1.82) is 0 Å². The third kappa shape index (κ3) is 4.45. The number of carbonyl (C=O) groups is 2. The lowest BCUT2D eigenvalue weighted by Crippen LogP contribution is -2.51. The molecule has 3 rings (SSSR count). The van der Waals surface area contributed by atoms with Gasteiger partial charge in [-0.15, -0.1) is 0 Å². The molecule has 23 heavy (non-hydrogen) atoms. The summed E-state index contributed by atoms with van der Waals surface area (Å²) in [4.78, 5) is 26.0. The van der Waals surface area contributed by atoms with E-state index in [4.69, 9.17) is 11.6 Å². The summed E-state index contributed by atoms with van der Waals surface area (Å²) in [6, 6.07) is 7.67. The number of hydrogen-bond acceptors (Lipinski definition) is 3. The third-order valence-corrected chi connectivity index (χ3v) is 4.74. The first-order valence-corrected chi connectivity index (χ1v) is 8.54. The molecule has 5 nitrogen and oxygen atoms in total. The van der Waals surface area contributed by atoms with Gasteiger partial charge in [-0.3, -0.25) is 14.5 Å². The predicted octanol–water partition coefficient (Wildman–Crippen LogP) is 1.70. The van der Waals surface area contributed by atoms with E-state index in [0.717, 1.165) is 43.9 Å². The van der Waals surface area contributed by atoms with Gasteiger partial charge in [-0.25, -0.2) is 0 Å². The van der Waals surface area contributed by atoms with Crippen LogP contribution in [0, 0.1) is 0 Å². The summed E-state index contributed by atoms with van der Waals surface area (Å²) in [5.74, 6) is -0.0661. The first kappa shape index (κ1) is 16.3. The van der Waals surface area contributed by atoms with Crippen LogP contribution >= 0.6 is 11.6 Å². The van der Waals surface area contributed by atoms with Crippen LogP contribution in [-0.4, -0.2) is 41.9 Å². The molecule has 0 saturated carbocycles. The van der Waals surface area contributed by atoms with Gasteiger partial charge in [-0.1, -0.05) is 23.7 Å². The molecular weight excluding hydrogens is 314 g/mol. The summed E-state index contributed by atoms with van der Waals surface area (Å²) < 4.78 is 0. The highest BCUT2D eigenvalue weighted by Gasteiger charge is 2.29. The molecule has 0 aromatic heterocycles. The summed E-state index contributed by atoms with van der Waals surface area (Å²) in [6.07, 6.45) is 3.00. The van der Waals surface area contributed by atoms with Crippen LogP contribution in [0.15, 0.2) is 24.3 Å². The van der Waals surface area contributed by atoms with Crippen molar-refractivity contribution in [3.63, 3.8) is 0 Å². The van der Waals surface area contributed by atoms with Crippen LogP contribution in [0.3, 0.4) is 0 Å². The molecule has 2 heterocycles. The van der Waals surface area contributed by atoms with Crippen molar-refractivity contribution in [2.45, 2.75) is 44.3 Å². The number of halogens is 1. The smallest absolute Gasteiger partial charge is 0.242 e. The minimum atomic E-state index is -0.360. The number of carbonyl (C=O) groups excluding carboxylic acids is 2. The second-order valence-corrected chi connectivity index (χ2v) is 6.80. The first-order valence-electron chi connectivity index (χ1n) is 8.17. The highest BCUT2D eigenvalue weighted by molar-refractivity contribution is 6.30. The molecular formula is C17H22ClN3O2. The minimum Gasteiger partial charge on any atom is -0.350 e. The van der Waals surface area contributed by atoms with Gasteiger partial charge in [0.2, 0.25) is 11.8 Å². The average molecular weight is 336 g/mol. The van der Waals surface area contributed by atoms with Gasteiger partial charge in [0.15, 0.2) is 0 Å². The van der Waals surface area contributed by atoms with Crippen molar-refractivity contribution in [3.8, 4) is 0 Å². The Bertz CT molecular complexity index is 576. The van der Waals surface area contributed by atoms with Crippen LogP contribution in [-0.2, 0) is 16.1 Å². The Labute approximate surface area is 141 Å². The predicted molar refractivity (Wildman–Crippen MR) is 89.1 cm³/mol. The van der Waals surface area contributed by atoms with Crippen molar-refractivity contribution < 1.29 is 9.59 Å². The molecule has 2 fully saturated rings. The number of benzene rings is 1. The lowest BCUT2D eigenvalue weighted by Gasteiger charge is -2.24. The molecule has 2 aliphatic rings. The second-order valence-electron chi connectivity index (χ2n) is 6.37. The molecule has 124 valence electrons. The minimum absolute atomic E-state index is 0.0211. The van der Waals surface area contributed by atoms with Gasteiger partial charge in [-0.2, -0.15) is 0 Å². The first-order chi connectivity index (χ1) is 11.1. The number of amides is 2. The second kappa shape index (κ2) is 7.32. The van der Waals surface area contributed by atoms with Gasteiger partial charge in [0.1, 0.15) is 6.04 Å². The summed E-state index contributed by atoms with van der Waals surface area (Å²) in [6.45, 7) is 2.67. The molecule has 0 spiro atoms.